The highest BCUT2D eigenvalue weighted by Crippen LogP contribution is 2.29. The van der Waals surface area contributed by atoms with Crippen molar-refractivity contribution in [2.24, 2.45) is 0 Å². The Bertz CT molecular complexity index is 693. The molecule has 0 fully saturated rings. The molecule has 0 radical (unpaired) electrons. The van der Waals surface area contributed by atoms with E-state index >= 15 is 0 Å². The fraction of sp³-hybridized carbons (Fsp3) is 0.333. The first-order valence-corrected chi connectivity index (χ1v) is 7.05. The van der Waals surface area contributed by atoms with Gasteiger partial charge >= 0.3 is 0 Å². The molecular weight excluding hydrogens is 308 g/mol. The van der Waals surface area contributed by atoms with Gasteiger partial charge in [0.25, 0.3) is 0 Å². The van der Waals surface area contributed by atoms with E-state index in [2.05, 4.69) is 10.3 Å². The SMILES string of the molecule is COc1ccc2nc(Cl)c(C(O)C(O)CNC(C)=O)cc2c1. The standard InChI is InChI=1S/C15H17ClN2O4/c1-8(19)17-7-13(20)14(21)11-6-9-5-10(22-2)3-4-12(9)18-15(11)16/h3-6,13-14,20-21H,7H2,1-2H3,(H,17,19). The van der Waals surface area contributed by atoms with Gasteiger partial charge < -0.3 is 20.3 Å². The number of hydrogen-bond donors (Lipinski definition) is 3. The van der Waals surface area contributed by atoms with E-state index in [-0.39, 0.29) is 17.6 Å². The van der Waals surface area contributed by atoms with E-state index in [1.165, 1.54) is 6.92 Å². The molecule has 0 bridgehead atoms. The van der Waals surface area contributed by atoms with Gasteiger partial charge in [0.1, 0.15) is 23.1 Å². The number of hydrogen-bond acceptors (Lipinski definition) is 5. The molecule has 7 heteroatoms. The number of nitrogens with one attached hydrogen (secondary N) is 1. The fourth-order valence-electron chi connectivity index (χ4n) is 2.05. The number of rotatable bonds is 5. The molecule has 0 saturated heterocycles. The van der Waals surface area contributed by atoms with Crippen LogP contribution >= 0.6 is 11.6 Å². The first-order valence-electron chi connectivity index (χ1n) is 6.67. The van der Waals surface area contributed by atoms with E-state index < -0.39 is 12.2 Å². The highest BCUT2D eigenvalue weighted by Gasteiger charge is 2.22. The van der Waals surface area contributed by atoms with E-state index in [4.69, 9.17) is 16.3 Å². The number of halogens is 1. The molecule has 2 aromatic rings. The van der Waals surface area contributed by atoms with Gasteiger partial charge in [-0.2, -0.15) is 0 Å². The van der Waals surface area contributed by atoms with Crippen LogP contribution in [0.4, 0.5) is 0 Å². The van der Waals surface area contributed by atoms with Crippen molar-refractivity contribution >= 4 is 28.4 Å². The summed E-state index contributed by atoms with van der Waals surface area (Å²) in [5, 5.41) is 23.4. The van der Waals surface area contributed by atoms with Crippen LogP contribution in [0, 0.1) is 0 Å². The third kappa shape index (κ3) is 3.65. The van der Waals surface area contributed by atoms with Crippen molar-refractivity contribution in [3.05, 3.63) is 35.0 Å². The highest BCUT2D eigenvalue weighted by atomic mass is 35.5. The number of carbonyl (C=O) groups excluding carboxylic acids is 1. The van der Waals surface area contributed by atoms with Gasteiger partial charge in [-0.15, -0.1) is 0 Å². The quantitative estimate of drug-likeness (QED) is 0.724. The molecule has 1 aromatic heterocycles. The number of amides is 1. The number of benzene rings is 1. The number of nitrogens with zero attached hydrogens (tertiary/aromatic N) is 1. The van der Waals surface area contributed by atoms with Crippen LogP contribution in [0.2, 0.25) is 5.15 Å². The lowest BCUT2D eigenvalue weighted by Crippen LogP contribution is -2.34. The largest absolute Gasteiger partial charge is 0.497 e. The molecule has 2 rings (SSSR count). The van der Waals surface area contributed by atoms with Crippen LogP contribution in [0.1, 0.15) is 18.6 Å². The summed E-state index contributed by atoms with van der Waals surface area (Å²) >= 11 is 6.08. The number of pyridine rings is 1. The Balaban J connectivity index is 2.32. The predicted molar refractivity (Wildman–Crippen MR) is 83.0 cm³/mol. The van der Waals surface area contributed by atoms with Gasteiger partial charge in [0.2, 0.25) is 5.91 Å². The number of fused-ring (bicyclic) bond motifs is 1. The molecule has 118 valence electrons. The van der Waals surface area contributed by atoms with Crippen molar-refractivity contribution in [2.75, 3.05) is 13.7 Å². The van der Waals surface area contributed by atoms with E-state index in [0.29, 0.717) is 16.8 Å². The molecule has 0 aliphatic rings. The second-order valence-corrected chi connectivity index (χ2v) is 5.23. The van der Waals surface area contributed by atoms with Crippen LogP contribution in [0.3, 0.4) is 0 Å². The molecule has 2 atom stereocenters. The summed E-state index contributed by atoms with van der Waals surface area (Å²) in [7, 11) is 1.55. The van der Waals surface area contributed by atoms with Gasteiger partial charge in [-0.3, -0.25) is 4.79 Å². The zero-order valence-corrected chi connectivity index (χ0v) is 13.0. The predicted octanol–water partition coefficient (Wildman–Crippen LogP) is 1.43. The summed E-state index contributed by atoms with van der Waals surface area (Å²) in [6, 6.07) is 6.92. The fourth-order valence-corrected chi connectivity index (χ4v) is 2.31. The van der Waals surface area contributed by atoms with Gasteiger partial charge in [-0.25, -0.2) is 4.98 Å². The maximum Gasteiger partial charge on any atom is 0.216 e. The average molecular weight is 325 g/mol. The molecule has 1 aromatic carbocycles. The summed E-state index contributed by atoms with van der Waals surface area (Å²) in [6.45, 7) is 1.25. The number of carbonyl (C=O) groups is 1. The van der Waals surface area contributed by atoms with Crippen LogP contribution in [-0.2, 0) is 4.79 Å². The lowest BCUT2D eigenvalue weighted by Gasteiger charge is -2.19. The Morgan fingerprint density at radius 3 is 2.77 bits per heavy atom. The smallest absolute Gasteiger partial charge is 0.216 e. The molecular formula is C15H17ClN2O4. The molecule has 22 heavy (non-hydrogen) atoms. The third-order valence-corrected chi connectivity index (χ3v) is 3.55. The van der Waals surface area contributed by atoms with E-state index in [0.717, 1.165) is 5.39 Å². The van der Waals surface area contributed by atoms with Crippen LogP contribution in [0.5, 0.6) is 5.75 Å². The monoisotopic (exact) mass is 324 g/mol. The third-order valence-electron chi connectivity index (χ3n) is 3.25. The van der Waals surface area contributed by atoms with Crippen molar-refractivity contribution in [3.63, 3.8) is 0 Å². The molecule has 1 amide bonds. The molecule has 0 saturated carbocycles. The van der Waals surface area contributed by atoms with E-state index in [1.807, 2.05) is 0 Å². The normalized spacial score (nSPS) is 13.7. The van der Waals surface area contributed by atoms with Crippen LogP contribution in [0.15, 0.2) is 24.3 Å². The summed E-state index contributed by atoms with van der Waals surface area (Å²) in [6.07, 6.45) is -2.45. The van der Waals surface area contributed by atoms with Crippen molar-refractivity contribution in [1.29, 1.82) is 0 Å². The Kier molecular flexibility index (Phi) is 5.18. The first-order chi connectivity index (χ1) is 10.4. The zero-order valence-electron chi connectivity index (χ0n) is 12.2. The first kappa shape index (κ1) is 16.5. The van der Waals surface area contributed by atoms with Gasteiger partial charge in [0.05, 0.1) is 12.6 Å². The van der Waals surface area contributed by atoms with Crippen LogP contribution < -0.4 is 10.1 Å². The zero-order chi connectivity index (χ0) is 16.3. The van der Waals surface area contributed by atoms with Gasteiger partial charge in [-0.05, 0) is 24.3 Å². The number of ether oxygens (including phenoxy) is 1. The maximum absolute atomic E-state index is 10.9. The summed E-state index contributed by atoms with van der Waals surface area (Å²) in [5.74, 6) is 0.356. The second-order valence-electron chi connectivity index (χ2n) is 4.88. The number of aliphatic hydroxyl groups is 2. The lowest BCUT2D eigenvalue weighted by atomic mass is 10.0. The van der Waals surface area contributed by atoms with Crippen LogP contribution in [-0.4, -0.2) is 40.9 Å². The topological polar surface area (TPSA) is 91.7 Å². The number of aromatic nitrogens is 1. The van der Waals surface area contributed by atoms with Gasteiger partial charge in [-0.1, -0.05) is 11.6 Å². The Hall–Kier alpha value is -1.89. The molecule has 0 aliphatic heterocycles. The Morgan fingerprint density at radius 1 is 1.41 bits per heavy atom. The van der Waals surface area contributed by atoms with Gasteiger partial charge in [0.15, 0.2) is 0 Å². The second kappa shape index (κ2) is 6.91. The minimum atomic E-state index is -1.26. The summed E-state index contributed by atoms with van der Waals surface area (Å²) in [5.41, 5.74) is 0.943. The van der Waals surface area contributed by atoms with E-state index in [9.17, 15) is 15.0 Å². The molecule has 0 spiro atoms. The lowest BCUT2D eigenvalue weighted by molar-refractivity contribution is -0.119. The molecule has 6 nitrogen and oxygen atoms in total. The van der Waals surface area contributed by atoms with E-state index in [1.54, 1.807) is 31.4 Å². The minimum Gasteiger partial charge on any atom is -0.497 e. The van der Waals surface area contributed by atoms with Crippen molar-refractivity contribution in [3.8, 4) is 5.75 Å². The maximum atomic E-state index is 10.9. The van der Waals surface area contributed by atoms with Crippen LogP contribution in [0.25, 0.3) is 10.9 Å². The van der Waals surface area contributed by atoms with Crippen molar-refractivity contribution < 1.29 is 19.7 Å². The van der Waals surface area contributed by atoms with Gasteiger partial charge in [0, 0.05) is 24.4 Å². The summed E-state index contributed by atoms with van der Waals surface area (Å²) < 4.78 is 5.15. The molecule has 3 N–H and O–H groups in total. The molecule has 2 unspecified atom stereocenters. The number of aliphatic hydroxyl groups excluding tert-OH is 2. The Labute approximate surface area is 132 Å². The highest BCUT2D eigenvalue weighted by molar-refractivity contribution is 6.30. The van der Waals surface area contributed by atoms with Crippen molar-refractivity contribution in [1.82, 2.24) is 10.3 Å². The van der Waals surface area contributed by atoms with Crippen molar-refractivity contribution in [2.45, 2.75) is 19.1 Å². The molecule has 0 aliphatic carbocycles. The Morgan fingerprint density at radius 2 is 2.14 bits per heavy atom. The minimum absolute atomic E-state index is 0.0804. The summed E-state index contributed by atoms with van der Waals surface area (Å²) in [4.78, 5) is 15.1. The molecule has 1 heterocycles. The number of methoxy groups -OCH3 is 1. The average Bonchev–Trinajstić information content (AvgIpc) is 2.50.